The molecule has 6 heteroatoms. The number of ether oxygens (including phenoxy) is 1. The second-order valence-corrected chi connectivity index (χ2v) is 6.21. The van der Waals surface area contributed by atoms with Gasteiger partial charge in [-0.15, -0.1) is 0 Å². The van der Waals surface area contributed by atoms with Crippen LogP contribution in [0, 0.1) is 5.82 Å². The molecule has 0 atom stereocenters. The van der Waals surface area contributed by atoms with E-state index in [0.29, 0.717) is 31.1 Å². The number of carbonyl (C=O) groups excluding carboxylic acids is 1. The van der Waals surface area contributed by atoms with Crippen molar-refractivity contribution in [1.82, 2.24) is 9.80 Å². The molecule has 0 unspecified atom stereocenters. The Labute approximate surface area is 154 Å². The first-order valence-electron chi connectivity index (χ1n) is 8.66. The van der Waals surface area contributed by atoms with Crippen molar-refractivity contribution >= 4 is 11.7 Å². The van der Waals surface area contributed by atoms with Crippen molar-refractivity contribution < 1.29 is 13.9 Å². The Bertz CT molecular complexity index is 707. The molecule has 0 aromatic heterocycles. The van der Waals surface area contributed by atoms with Gasteiger partial charge in [0.2, 0.25) is 0 Å². The summed E-state index contributed by atoms with van der Waals surface area (Å²) < 4.78 is 18.9. The number of urea groups is 1. The number of nitrogens with one attached hydrogen (secondary N) is 1. The summed E-state index contributed by atoms with van der Waals surface area (Å²) in [5.74, 6) is -0.0756. The molecule has 0 bridgehead atoms. The van der Waals surface area contributed by atoms with Gasteiger partial charge in [0.25, 0.3) is 0 Å². The fourth-order valence-corrected chi connectivity index (χ4v) is 2.45. The molecular formula is C20H26FN3O2. The highest BCUT2D eigenvalue weighted by molar-refractivity contribution is 5.91. The molecule has 26 heavy (non-hydrogen) atoms. The largest absolute Gasteiger partial charge is 0.492 e. The molecule has 0 saturated carbocycles. The van der Waals surface area contributed by atoms with Gasteiger partial charge in [-0.25, -0.2) is 9.18 Å². The summed E-state index contributed by atoms with van der Waals surface area (Å²) >= 11 is 0. The van der Waals surface area contributed by atoms with Crippen LogP contribution in [0.15, 0.2) is 48.5 Å². The van der Waals surface area contributed by atoms with Crippen LogP contribution < -0.4 is 10.1 Å². The summed E-state index contributed by atoms with van der Waals surface area (Å²) in [4.78, 5) is 16.6. The smallest absolute Gasteiger partial charge is 0.322 e. The Balaban J connectivity index is 2.15. The van der Waals surface area contributed by atoms with Gasteiger partial charge in [0.05, 0.1) is 12.3 Å². The third-order valence-electron chi connectivity index (χ3n) is 3.81. The monoisotopic (exact) mass is 359 g/mol. The molecule has 0 spiro atoms. The molecule has 0 fully saturated rings. The Morgan fingerprint density at radius 3 is 2.50 bits per heavy atom. The van der Waals surface area contributed by atoms with Crippen LogP contribution >= 0.6 is 0 Å². The third-order valence-corrected chi connectivity index (χ3v) is 3.81. The zero-order chi connectivity index (χ0) is 18.9. The van der Waals surface area contributed by atoms with E-state index in [1.165, 1.54) is 18.2 Å². The van der Waals surface area contributed by atoms with E-state index < -0.39 is 5.82 Å². The average Bonchev–Trinajstić information content (AvgIpc) is 2.61. The maximum atomic E-state index is 13.5. The van der Waals surface area contributed by atoms with Gasteiger partial charge < -0.3 is 19.9 Å². The van der Waals surface area contributed by atoms with Crippen molar-refractivity contribution in [3.05, 3.63) is 59.9 Å². The van der Waals surface area contributed by atoms with Crippen LogP contribution in [0.1, 0.15) is 12.5 Å². The van der Waals surface area contributed by atoms with Gasteiger partial charge in [-0.2, -0.15) is 0 Å². The van der Waals surface area contributed by atoms with Crippen molar-refractivity contribution in [2.45, 2.75) is 13.5 Å². The van der Waals surface area contributed by atoms with Gasteiger partial charge in [-0.1, -0.05) is 30.3 Å². The van der Waals surface area contributed by atoms with Crippen molar-refractivity contribution in [3.8, 4) is 5.75 Å². The third kappa shape index (κ3) is 6.04. The lowest BCUT2D eigenvalue weighted by Gasteiger charge is -2.25. The number of amides is 2. The Kier molecular flexibility index (Phi) is 7.41. The van der Waals surface area contributed by atoms with Crippen LogP contribution in [0.25, 0.3) is 0 Å². The standard InChI is InChI=1S/C20H26FN3O2/c1-4-26-19-14-17(21)10-11-18(19)22-20(25)24(13-12-23(2)3)15-16-8-6-5-7-9-16/h5-11,14H,4,12-13,15H2,1-3H3,(H,22,25). The number of hydrogen-bond donors (Lipinski definition) is 1. The van der Waals surface area contributed by atoms with Crippen LogP contribution in [0.5, 0.6) is 5.75 Å². The summed E-state index contributed by atoms with van der Waals surface area (Å²) in [6, 6.07) is 13.7. The van der Waals surface area contributed by atoms with E-state index in [0.717, 1.165) is 12.1 Å². The summed E-state index contributed by atoms with van der Waals surface area (Å²) in [6.07, 6.45) is 0. The van der Waals surface area contributed by atoms with Gasteiger partial charge in [0, 0.05) is 25.7 Å². The molecule has 0 aliphatic rings. The topological polar surface area (TPSA) is 44.8 Å². The normalized spacial score (nSPS) is 10.7. The minimum Gasteiger partial charge on any atom is -0.492 e. The van der Waals surface area contributed by atoms with Crippen LogP contribution in [0.2, 0.25) is 0 Å². The lowest BCUT2D eigenvalue weighted by molar-refractivity contribution is 0.202. The van der Waals surface area contributed by atoms with Crippen molar-refractivity contribution in [2.75, 3.05) is 39.1 Å². The average molecular weight is 359 g/mol. The molecule has 0 saturated heterocycles. The number of anilines is 1. The maximum Gasteiger partial charge on any atom is 0.322 e. The zero-order valence-electron chi connectivity index (χ0n) is 15.5. The first-order chi connectivity index (χ1) is 12.5. The second kappa shape index (κ2) is 9.77. The van der Waals surface area contributed by atoms with Gasteiger partial charge in [-0.05, 0) is 38.7 Å². The number of likely N-dealkylation sites (N-methyl/N-ethyl adjacent to an activating group) is 1. The quantitative estimate of drug-likeness (QED) is 0.779. The van der Waals surface area contributed by atoms with Crippen molar-refractivity contribution in [3.63, 3.8) is 0 Å². The van der Waals surface area contributed by atoms with E-state index in [1.54, 1.807) is 4.90 Å². The fraction of sp³-hybridized carbons (Fsp3) is 0.350. The molecule has 0 heterocycles. The minimum absolute atomic E-state index is 0.247. The lowest BCUT2D eigenvalue weighted by atomic mass is 10.2. The highest BCUT2D eigenvalue weighted by atomic mass is 19.1. The maximum absolute atomic E-state index is 13.5. The molecule has 2 aromatic carbocycles. The molecule has 140 valence electrons. The van der Waals surface area contributed by atoms with E-state index in [4.69, 9.17) is 4.74 Å². The predicted molar refractivity (Wildman–Crippen MR) is 102 cm³/mol. The van der Waals surface area contributed by atoms with Crippen LogP contribution in [0.3, 0.4) is 0 Å². The van der Waals surface area contributed by atoms with E-state index in [-0.39, 0.29) is 6.03 Å². The zero-order valence-corrected chi connectivity index (χ0v) is 15.5. The molecule has 2 rings (SSSR count). The van der Waals surface area contributed by atoms with Crippen molar-refractivity contribution in [2.24, 2.45) is 0 Å². The Hall–Kier alpha value is -2.60. The minimum atomic E-state index is -0.403. The van der Waals surface area contributed by atoms with Gasteiger partial charge in [-0.3, -0.25) is 0 Å². The van der Waals surface area contributed by atoms with E-state index >= 15 is 0 Å². The number of halogens is 1. The summed E-state index contributed by atoms with van der Waals surface area (Å²) in [6.45, 7) is 4.00. The van der Waals surface area contributed by atoms with Gasteiger partial charge in [0.1, 0.15) is 11.6 Å². The summed E-state index contributed by atoms with van der Waals surface area (Å²) in [5.41, 5.74) is 1.51. The Morgan fingerprint density at radius 1 is 1.12 bits per heavy atom. The van der Waals surface area contributed by atoms with E-state index in [9.17, 15) is 9.18 Å². The summed E-state index contributed by atoms with van der Waals surface area (Å²) in [7, 11) is 3.93. The van der Waals surface area contributed by atoms with Crippen LogP contribution in [-0.4, -0.2) is 49.6 Å². The Morgan fingerprint density at radius 2 is 1.85 bits per heavy atom. The first kappa shape index (κ1) is 19.7. The second-order valence-electron chi connectivity index (χ2n) is 6.21. The molecule has 0 radical (unpaired) electrons. The van der Waals surface area contributed by atoms with Crippen LogP contribution in [-0.2, 0) is 6.54 Å². The lowest BCUT2D eigenvalue weighted by Crippen LogP contribution is -2.39. The highest BCUT2D eigenvalue weighted by Gasteiger charge is 2.16. The molecule has 2 amide bonds. The molecule has 2 aromatic rings. The number of benzene rings is 2. The van der Waals surface area contributed by atoms with Gasteiger partial charge >= 0.3 is 6.03 Å². The van der Waals surface area contributed by atoms with Gasteiger partial charge in [0.15, 0.2) is 0 Å². The fourth-order valence-electron chi connectivity index (χ4n) is 2.45. The predicted octanol–water partition coefficient (Wildman–Crippen LogP) is 3.82. The van der Waals surface area contributed by atoms with Crippen molar-refractivity contribution in [1.29, 1.82) is 0 Å². The van der Waals surface area contributed by atoms with E-state index in [2.05, 4.69) is 5.32 Å². The highest BCUT2D eigenvalue weighted by Crippen LogP contribution is 2.26. The number of hydrogen-bond acceptors (Lipinski definition) is 3. The van der Waals surface area contributed by atoms with Crippen LogP contribution in [0.4, 0.5) is 14.9 Å². The molecule has 1 N–H and O–H groups in total. The SMILES string of the molecule is CCOc1cc(F)ccc1NC(=O)N(CCN(C)C)Cc1ccccc1. The molecule has 0 aliphatic carbocycles. The first-order valence-corrected chi connectivity index (χ1v) is 8.66. The number of nitrogens with zero attached hydrogens (tertiary/aromatic N) is 2. The number of carbonyl (C=O) groups is 1. The molecule has 0 aliphatic heterocycles. The number of rotatable bonds is 8. The van der Waals surface area contributed by atoms with E-state index in [1.807, 2.05) is 56.3 Å². The molecule has 5 nitrogen and oxygen atoms in total. The summed E-state index contributed by atoms with van der Waals surface area (Å²) in [5, 5.41) is 2.84. The molecular weight excluding hydrogens is 333 g/mol.